The van der Waals surface area contributed by atoms with Gasteiger partial charge in [-0.15, -0.1) is 0 Å². The Kier molecular flexibility index (Phi) is 5.16. The van der Waals surface area contributed by atoms with E-state index in [2.05, 4.69) is 20.6 Å². The van der Waals surface area contributed by atoms with Crippen LogP contribution in [0.1, 0.15) is 0 Å². The van der Waals surface area contributed by atoms with Crippen molar-refractivity contribution in [3.05, 3.63) is 63.0 Å². The van der Waals surface area contributed by atoms with Crippen molar-refractivity contribution in [3.63, 3.8) is 0 Å². The van der Waals surface area contributed by atoms with Crippen LogP contribution >= 0.6 is 23.2 Å². The van der Waals surface area contributed by atoms with Gasteiger partial charge in [0.1, 0.15) is 5.82 Å². The van der Waals surface area contributed by atoms with Gasteiger partial charge in [0, 0.05) is 48.8 Å². The number of anilines is 2. The average molecular weight is 378 g/mol. The van der Waals surface area contributed by atoms with E-state index in [1.165, 1.54) is 18.5 Å². The lowest BCUT2D eigenvalue weighted by molar-refractivity contribution is -0.383. The van der Waals surface area contributed by atoms with Gasteiger partial charge in [0.15, 0.2) is 0 Å². The van der Waals surface area contributed by atoms with Gasteiger partial charge in [-0.2, -0.15) is 0 Å². The van der Waals surface area contributed by atoms with Gasteiger partial charge in [0.2, 0.25) is 0 Å². The number of nitrogens with one attached hydrogen (secondary N) is 2. The van der Waals surface area contributed by atoms with Gasteiger partial charge in [0.25, 0.3) is 5.69 Å². The first-order chi connectivity index (χ1) is 12.1. The number of pyridine rings is 2. The fraction of sp³-hybridized carbons (Fsp3) is 0.125. The van der Waals surface area contributed by atoms with Crippen molar-refractivity contribution in [2.75, 3.05) is 23.7 Å². The van der Waals surface area contributed by atoms with Gasteiger partial charge >= 0.3 is 0 Å². The molecule has 0 amide bonds. The van der Waals surface area contributed by atoms with E-state index in [9.17, 15) is 10.1 Å². The third-order valence-corrected chi connectivity index (χ3v) is 4.03. The molecule has 128 valence electrons. The molecule has 7 nitrogen and oxygen atoms in total. The number of nitro benzene ring substituents is 1. The Hall–Kier alpha value is -2.64. The van der Waals surface area contributed by atoms with Crippen LogP contribution in [-0.2, 0) is 0 Å². The van der Waals surface area contributed by atoms with Crippen LogP contribution in [0.3, 0.4) is 0 Å². The second-order valence-corrected chi connectivity index (χ2v) is 5.99. The molecule has 25 heavy (non-hydrogen) atoms. The Balaban J connectivity index is 1.69. The van der Waals surface area contributed by atoms with Crippen LogP contribution in [0.2, 0.25) is 10.0 Å². The predicted octanol–water partition coefficient (Wildman–Crippen LogP) is 4.37. The fourth-order valence-electron chi connectivity index (χ4n) is 2.41. The lowest BCUT2D eigenvalue weighted by Crippen LogP contribution is -2.14. The SMILES string of the molecule is O=[N+]([O-])c1ccc(NCCNc2ncc(Cl)cc2Cl)c2ccncc12. The molecule has 2 aromatic heterocycles. The molecule has 0 spiro atoms. The highest BCUT2D eigenvalue weighted by molar-refractivity contribution is 6.35. The summed E-state index contributed by atoms with van der Waals surface area (Å²) in [6.45, 7) is 1.12. The second kappa shape index (κ2) is 7.50. The van der Waals surface area contributed by atoms with Gasteiger partial charge in [-0.25, -0.2) is 4.98 Å². The summed E-state index contributed by atoms with van der Waals surface area (Å²) in [7, 11) is 0. The molecular formula is C16H13Cl2N5O2. The molecule has 2 heterocycles. The van der Waals surface area contributed by atoms with Crippen LogP contribution in [0, 0.1) is 10.1 Å². The van der Waals surface area contributed by atoms with E-state index >= 15 is 0 Å². The smallest absolute Gasteiger partial charge is 0.278 e. The number of hydrogen-bond acceptors (Lipinski definition) is 6. The highest BCUT2D eigenvalue weighted by atomic mass is 35.5. The Labute approximate surface area is 153 Å². The van der Waals surface area contributed by atoms with E-state index < -0.39 is 4.92 Å². The van der Waals surface area contributed by atoms with Crippen LogP contribution in [0.4, 0.5) is 17.2 Å². The first-order valence-corrected chi connectivity index (χ1v) is 8.12. The quantitative estimate of drug-likeness (QED) is 0.376. The minimum Gasteiger partial charge on any atom is -0.383 e. The van der Waals surface area contributed by atoms with Crippen molar-refractivity contribution in [1.82, 2.24) is 9.97 Å². The summed E-state index contributed by atoms with van der Waals surface area (Å²) < 4.78 is 0. The van der Waals surface area contributed by atoms with Crippen molar-refractivity contribution in [1.29, 1.82) is 0 Å². The zero-order valence-electron chi connectivity index (χ0n) is 12.9. The summed E-state index contributed by atoms with van der Waals surface area (Å²) in [5, 5.41) is 19.6. The normalized spacial score (nSPS) is 10.6. The molecule has 0 atom stereocenters. The highest BCUT2D eigenvalue weighted by Crippen LogP contribution is 2.30. The highest BCUT2D eigenvalue weighted by Gasteiger charge is 2.14. The van der Waals surface area contributed by atoms with Gasteiger partial charge in [0.05, 0.1) is 20.4 Å². The lowest BCUT2D eigenvalue weighted by Gasteiger charge is -2.11. The van der Waals surface area contributed by atoms with Gasteiger partial charge in [-0.05, 0) is 18.2 Å². The number of hydrogen-bond donors (Lipinski definition) is 2. The van der Waals surface area contributed by atoms with E-state index in [0.717, 1.165) is 11.1 Å². The van der Waals surface area contributed by atoms with Crippen LogP contribution < -0.4 is 10.6 Å². The number of nitro groups is 1. The largest absolute Gasteiger partial charge is 0.383 e. The summed E-state index contributed by atoms with van der Waals surface area (Å²) in [6, 6.07) is 6.52. The van der Waals surface area contributed by atoms with Crippen molar-refractivity contribution in [2.45, 2.75) is 0 Å². The summed E-state index contributed by atoms with van der Waals surface area (Å²) in [5.74, 6) is 0.547. The van der Waals surface area contributed by atoms with Crippen molar-refractivity contribution < 1.29 is 4.92 Å². The van der Waals surface area contributed by atoms with Crippen LogP contribution in [-0.4, -0.2) is 28.0 Å². The fourth-order valence-corrected chi connectivity index (χ4v) is 2.86. The summed E-state index contributed by atoms with van der Waals surface area (Å²) in [4.78, 5) is 18.8. The summed E-state index contributed by atoms with van der Waals surface area (Å²) >= 11 is 11.9. The molecule has 3 aromatic rings. The molecule has 0 aliphatic rings. The van der Waals surface area contributed by atoms with Crippen molar-refractivity contribution in [2.24, 2.45) is 0 Å². The minimum atomic E-state index is -0.413. The van der Waals surface area contributed by atoms with E-state index in [4.69, 9.17) is 23.2 Å². The monoisotopic (exact) mass is 377 g/mol. The summed E-state index contributed by atoms with van der Waals surface area (Å²) in [5.41, 5.74) is 0.823. The molecule has 0 bridgehead atoms. The maximum atomic E-state index is 11.1. The number of benzene rings is 1. The average Bonchev–Trinajstić information content (AvgIpc) is 2.59. The Morgan fingerprint density at radius 2 is 1.88 bits per heavy atom. The first-order valence-electron chi connectivity index (χ1n) is 7.36. The number of non-ortho nitro benzene ring substituents is 1. The van der Waals surface area contributed by atoms with E-state index in [-0.39, 0.29) is 5.69 Å². The second-order valence-electron chi connectivity index (χ2n) is 5.15. The predicted molar refractivity (Wildman–Crippen MR) is 99.6 cm³/mol. The van der Waals surface area contributed by atoms with E-state index in [1.54, 1.807) is 24.4 Å². The number of rotatable bonds is 6. The van der Waals surface area contributed by atoms with Crippen LogP contribution in [0.5, 0.6) is 0 Å². The Morgan fingerprint density at radius 1 is 1.08 bits per heavy atom. The molecular weight excluding hydrogens is 365 g/mol. The zero-order chi connectivity index (χ0) is 17.8. The van der Waals surface area contributed by atoms with Gasteiger partial charge < -0.3 is 10.6 Å². The van der Waals surface area contributed by atoms with Crippen LogP contribution in [0.15, 0.2) is 42.9 Å². The number of nitrogens with zero attached hydrogens (tertiary/aromatic N) is 3. The molecule has 0 aliphatic carbocycles. The summed E-state index contributed by atoms with van der Waals surface area (Å²) in [6.07, 6.45) is 4.61. The molecule has 3 rings (SSSR count). The molecule has 0 fully saturated rings. The number of halogens is 2. The third kappa shape index (κ3) is 3.89. The van der Waals surface area contributed by atoms with E-state index in [0.29, 0.717) is 34.3 Å². The first kappa shape index (κ1) is 17.2. The zero-order valence-corrected chi connectivity index (χ0v) is 14.4. The molecule has 0 saturated heterocycles. The molecule has 0 saturated carbocycles. The molecule has 0 radical (unpaired) electrons. The van der Waals surface area contributed by atoms with E-state index in [1.807, 2.05) is 0 Å². The maximum Gasteiger partial charge on any atom is 0.278 e. The number of aromatic nitrogens is 2. The minimum absolute atomic E-state index is 0.0314. The molecule has 9 heteroatoms. The molecule has 2 N–H and O–H groups in total. The standard InChI is InChI=1S/C16H13Cl2N5O2/c17-10-7-13(18)16(22-8-10)21-6-5-20-14-1-2-15(23(24)25)12-9-19-4-3-11(12)14/h1-4,7-9,20H,5-6H2,(H,21,22). The van der Waals surface area contributed by atoms with Crippen LogP contribution in [0.25, 0.3) is 10.8 Å². The maximum absolute atomic E-state index is 11.1. The van der Waals surface area contributed by atoms with Crippen molar-refractivity contribution in [3.8, 4) is 0 Å². The topological polar surface area (TPSA) is 93.0 Å². The molecule has 0 unspecified atom stereocenters. The third-order valence-electron chi connectivity index (χ3n) is 3.53. The lowest BCUT2D eigenvalue weighted by atomic mass is 10.1. The van der Waals surface area contributed by atoms with Gasteiger partial charge in [-0.1, -0.05) is 23.2 Å². The van der Waals surface area contributed by atoms with Crippen molar-refractivity contribution >= 4 is 51.2 Å². The Bertz CT molecular complexity index is 936. The molecule has 0 aliphatic heterocycles. The molecule has 1 aromatic carbocycles. The Morgan fingerprint density at radius 3 is 2.64 bits per heavy atom. The number of fused-ring (bicyclic) bond motifs is 1. The van der Waals surface area contributed by atoms with Gasteiger partial charge in [-0.3, -0.25) is 15.1 Å².